The van der Waals surface area contributed by atoms with E-state index >= 15 is 0 Å². The third-order valence-electron chi connectivity index (χ3n) is 10.4. The van der Waals surface area contributed by atoms with E-state index in [1.165, 1.54) is 11.1 Å². The Morgan fingerprint density at radius 2 is 1.98 bits per heavy atom. The first-order valence-electron chi connectivity index (χ1n) is 17.2. The Labute approximate surface area is 289 Å². The molecule has 2 saturated carbocycles. The SMILES string of the molecule is CO[C@H]1/C=C/C[C@H](C)C[S@@](=O)(NC(=O)C2CC(C)(O)C2)=NC(=O)c2ccc3c(c2)N(Cc2ccc(Cl)cc2CCCCO3)C[C@@H]2CC[C@H]21. The number of anilines is 1. The fraction of sp³-hybridized carbons (Fsp3) is 0.568. The number of aryl methyl sites for hydroxylation is 1. The number of nitrogens with zero attached hydrogens (tertiary/aromatic N) is 2. The van der Waals surface area contributed by atoms with Gasteiger partial charge in [-0.1, -0.05) is 36.7 Å². The second-order valence-corrected chi connectivity index (χ2v) is 17.0. The molecule has 2 aromatic rings. The van der Waals surface area contributed by atoms with Crippen molar-refractivity contribution < 1.29 is 28.4 Å². The maximum absolute atomic E-state index is 14.4. The van der Waals surface area contributed by atoms with Gasteiger partial charge in [-0.15, -0.1) is 4.36 Å². The number of hydrogen-bond donors (Lipinski definition) is 2. The number of carbonyl (C=O) groups is 2. The van der Waals surface area contributed by atoms with Gasteiger partial charge in [0.2, 0.25) is 5.91 Å². The van der Waals surface area contributed by atoms with Gasteiger partial charge in [0, 0.05) is 36.7 Å². The second kappa shape index (κ2) is 14.5. The van der Waals surface area contributed by atoms with E-state index in [0.717, 1.165) is 44.3 Å². The average molecular weight is 698 g/mol. The largest absolute Gasteiger partial charge is 0.491 e. The topological polar surface area (TPSA) is 118 Å². The molecular weight excluding hydrogens is 650 g/mol. The molecule has 2 fully saturated rings. The molecule has 2 N–H and O–H groups in total. The zero-order valence-electron chi connectivity index (χ0n) is 28.2. The summed E-state index contributed by atoms with van der Waals surface area (Å²) in [7, 11) is -1.74. The fourth-order valence-corrected chi connectivity index (χ4v) is 9.76. The predicted molar refractivity (Wildman–Crippen MR) is 189 cm³/mol. The van der Waals surface area contributed by atoms with Crippen molar-refractivity contribution >= 4 is 39.0 Å². The molecule has 2 aliphatic heterocycles. The lowest BCUT2D eigenvalue weighted by Crippen LogP contribution is -2.50. The summed E-state index contributed by atoms with van der Waals surface area (Å²) in [6.07, 6.45) is 10.1. The second-order valence-electron chi connectivity index (χ2n) is 14.5. The molecule has 9 nitrogen and oxygen atoms in total. The summed E-state index contributed by atoms with van der Waals surface area (Å²) in [6, 6.07) is 11.4. The molecule has 48 heavy (non-hydrogen) atoms. The van der Waals surface area contributed by atoms with E-state index in [2.05, 4.69) is 38.3 Å². The third kappa shape index (κ3) is 8.09. The number of hydrogen-bond acceptors (Lipinski definition) is 7. The Bertz CT molecular complexity index is 1680. The molecule has 6 rings (SSSR count). The van der Waals surface area contributed by atoms with Gasteiger partial charge in [-0.25, -0.2) is 4.21 Å². The molecule has 2 bridgehead atoms. The van der Waals surface area contributed by atoms with Crippen LogP contribution in [0.2, 0.25) is 5.02 Å². The number of ether oxygens (including phenoxy) is 2. The van der Waals surface area contributed by atoms with Crippen LogP contribution in [0.4, 0.5) is 5.69 Å². The van der Waals surface area contributed by atoms with Crippen LogP contribution in [0.15, 0.2) is 52.9 Å². The van der Waals surface area contributed by atoms with Crippen molar-refractivity contribution in [3.63, 3.8) is 0 Å². The number of methoxy groups -OCH3 is 1. The molecule has 0 spiro atoms. The van der Waals surface area contributed by atoms with Crippen LogP contribution in [0.5, 0.6) is 5.75 Å². The smallest absolute Gasteiger partial charge is 0.286 e. The first-order valence-corrected chi connectivity index (χ1v) is 19.3. The van der Waals surface area contributed by atoms with E-state index in [4.69, 9.17) is 21.1 Å². The minimum absolute atomic E-state index is 0.0150. The molecule has 5 atom stereocenters. The van der Waals surface area contributed by atoms with Crippen molar-refractivity contribution in [1.82, 2.24) is 4.72 Å². The van der Waals surface area contributed by atoms with Crippen LogP contribution in [-0.4, -0.2) is 58.8 Å². The first kappa shape index (κ1) is 34.9. The van der Waals surface area contributed by atoms with E-state index in [-0.39, 0.29) is 36.2 Å². The van der Waals surface area contributed by atoms with Gasteiger partial charge in [-0.3, -0.25) is 14.3 Å². The van der Waals surface area contributed by atoms with Gasteiger partial charge in [0.1, 0.15) is 15.7 Å². The maximum atomic E-state index is 14.4. The number of rotatable bonds is 3. The van der Waals surface area contributed by atoms with E-state index in [1.807, 2.05) is 19.1 Å². The molecule has 0 radical (unpaired) electrons. The summed E-state index contributed by atoms with van der Waals surface area (Å²) >= 11 is 6.45. The van der Waals surface area contributed by atoms with Crippen LogP contribution >= 0.6 is 11.6 Å². The Balaban J connectivity index is 1.43. The maximum Gasteiger partial charge on any atom is 0.286 e. The van der Waals surface area contributed by atoms with Gasteiger partial charge in [0.15, 0.2) is 0 Å². The third-order valence-corrected chi connectivity index (χ3v) is 12.6. The molecule has 0 unspecified atom stereocenters. The van der Waals surface area contributed by atoms with E-state index in [9.17, 15) is 18.9 Å². The molecule has 4 aliphatic rings. The van der Waals surface area contributed by atoms with Crippen molar-refractivity contribution in [3.8, 4) is 5.75 Å². The van der Waals surface area contributed by atoms with Crippen LogP contribution in [-0.2, 0) is 32.4 Å². The van der Waals surface area contributed by atoms with E-state index < -0.39 is 33.2 Å². The summed E-state index contributed by atoms with van der Waals surface area (Å²) < 4.78 is 33.6. The van der Waals surface area contributed by atoms with Gasteiger partial charge >= 0.3 is 0 Å². The van der Waals surface area contributed by atoms with Crippen LogP contribution < -0.4 is 14.4 Å². The molecule has 260 valence electrons. The van der Waals surface area contributed by atoms with E-state index in [0.29, 0.717) is 42.2 Å². The number of fused-ring (bicyclic) bond motifs is 3. The van der Waals surface area contributed by atoms with Crippen molar-refractivity contribution in [2.24, 2.45) is 28.0 Å². The summed E-state index contributed by atoms with van der Waals surface area (Å²) in [5.74, 6) is -0.327. The highest BCUT2D eigenvalue weighted by Gasteiger charge is 2.43. The van der Waals surface area contributed by atoms with Gasteiger partial charge in [0.25, 0.3) is 5.91 Å². The number of carbonyl (C=O) groups excluding carboxylic acids is 2. The van der Waals surface area contributed by atoms with Gasteiger partial charge in [-0.2, -0.15) is 0 Å². The number of amides is 2. The van der Waals surface area contributed by atoms with Crippen molar-refractivity contribution in [1.29, 1.82) is 0 Å². The average Bonchev–Trinajstić information content (AvgIpc) is 3.03. The minimum Gasteiger partial charge on any atom is -0.491 e. The molecule has 2 heterocycles. The monoisotopic (exact) mass is 697 g/mol. The predicted octanol–water partition coefficient (Wildman–Crippen LogP) is 6.50. The number of halogens is 1. The lowest BCUT2D eigenvalue weighted by atomic mass is 9.70. The zero-order valence-corrected chi connectivity index (χ0v) is 29.7. The molecule has 2 aliphatic carbocycles. The quantitative estimate of drug-likeness (QED) is 0.352. The summed E-state index contributed by atoms with van der Waals surface area (Å²) in [5, 5.41) is 10.9. The highest BCUT2D eigenvalue weighted by molar-refractivity contribution is 7.92. The summed E-state index contributed by atoms with van der Waals surface area (Å²) in [4.78, 5) is 29.4. The van der Waals surface area contributed by atoms with E-state index in [1.54, 1.807) is 26.2 Å². The van der Waals surface area contributed by atoms with Crippen LogP contribution in [0.3, 0.4) is 0 Å². The molecule has 2 amide bonds. The van der Waals surface area contributed by atoms with Gasteiger partial charge in [-0.05, 0) is 118 Å². The molecular formula is C37H48ClN3O6S. The number of benzene rings is 2. The zero-order chi connectivity index (χ0) is 34.1. The summed E-state index contributed by atoms with van der Waals surface area (Å²) in [5.41, 5.74) is 2.52. The van der Waals surface area contributed by atoms with Gasteiger partial charge in [0.05, 0.1) is 29.8 Å². The van der Waals surface area contributed by atoms with Crippen LogP contribution in [0.1, 0.15) is 80.3 Å². The molecule has 0 saturated heterocycles. The standard InChI is InChI=1S/C37H48ClN3O6S/c1-24-7-6-9-33(46-3)31-14-11-28(31)22-41-21-27-10-13-30(38)17-25(27)8-4-5-16-47-34-15-12-26(18-32(34)41)35(42)39-48(45,23-24)40-36(43)29-19-37(2,44)20-29/h6,9-10,12-13,15,17-18,24,28-29,31,33,44H,4-5,7-8,11,14,16,19-23H2,1-3H3,(H,39,40,42,43,45)/b9-6+/t24-,28-,29?,31+,33-,37?,48-/m0/s1. The number of nitrogens with one attached hydrogen (secondary N) is 1. The number of aliphatic hydroxyl groups is 1. The Morgan fingerprint density at radius 1 is 1.17 bits per heavy atom. The fourth-order valence-electron chi connectivity index (χ4n) is 7.60. The molecule has 11 heteroatoms. The Hall–Kier alpha value is -2.92. The Kier molecular flexibility index (Phi) is 10.6. The van der Waals surface area contributed by atoms with Crippen LogP contribution in [0.25, 0.3) is 0 Å². The lowest BCUT2D eigenvalue weighted by molar-refractivity contribution is -0.137. The van der Waals surface area contributed by atoms with Crippen LogP contribution in [0, 0.1) is 23.7 Å². The highest BCUT2D eigenvalue weighted by Crippen LogP contribution is 2.42. The van der Waals surface area contributed by atoms with Crippen molar-refractivity contribution in [3.05, 3.63) is 70.3 Å². The lowest BCUT2D eigenvalue weighted by Gasteiger charge is -2.43. The highest BCUT2D eigenvalue weighted by atomic mass is 35.5. The number of allylic oxidation sites excluding steroid dienone is 1. The minimum atomic E-state index is -3.49. The normalized spacial score (nSPS) is 33.2. The molecule has 0 aromatic heterocycles. The first-order chi connectivity index (χ1) is 22.9. The Morgan fingerprint density at radius 3 is 2.71 bits per heavy atom. The van der Waals surface area contributed by atoms with Gasteiger partial charge < -0.3 is 19.5 Å². The molecule has 2 aromatic carbocycles. The summed E-state index contributed by atoms with van der Waals surface area (Å²) in [6.45, 7) is 5.49. The van der Waals surface area contributed by atoms with Crippen molar-refractivity contribution in [2.75, 3.05) is 30.9 Å². The van der Waals surface area contributed by atoms with Crippen molar-refractivity contribution in [2.45, 2.75) is 83.5 Å².